The summed E-state index contributed by atoms with van der Waals surface area (Å²) in [4.78, 5) is 10.1. The molecule has 0 unspecified atom stereocenters. The van der Waals surface area contributed by atoms with Crippen LogP contribution in [0.3, 0.4) is 0 Å². The zero-order valence-electron chi connectivity index (χ0n) is 11.1. The van der Waals surface area contributed by atoms with E-state index in [0.717, 1.165) is 6.07 Å². The maximum atomic E-state index is 12.1. The minimum Gasteiger partial charge on any atom is -0.385 e. The molecule has 0 radical (unpaired) electrons. The third-order valence-corrected chi connectivity index (χ3v) is 6.67. The first-order chi connectivity index (χ1) is 9.19. The van der Waals surface area contributed by atoms with Crippen LogP contribution >= 0.6 is 11.6 Å². The lowest BCUT2D eigenvalue weighted by molar-refractivity contribution is -0.385. The Morgan fingerprint density at radius 3 is 2.50 bits per heavy atom. The van der Waals surface area contributed by atoms with Gasteiger partial charge >= 0.3 is 0 Å². The van der Waals surface area contributed by atoms with E-state index in [4.69, 9.17) is 11.6 Å². The average Bonchev–Trinajstić information content (AvgIpc) is 2.45. The molecule has 1 rings (SSSR count). The van der Waals surface area contributed by atoms with Gasteiger partial charge in [-0.25, -0.2) is 8.42 Å². The van der Waals surface area contributed by atoms with Crippen molar-refractivity contribution in [2.24, 2.45) is 0 Å². The lowest BCUT2D eigenvalue weighted by atomic mass is 10.0. The Labute approximate surface area is 122 Å². The number of benzene rings is 1. The maximum absolute atomic E-state index is 12.1. The number of nitro benzene ring substituents is 1. The molecule has 0 heterocycles. The van der Waals surface area contributed by atoms with Crippen molar-refractivity contribution in [3.05, 3.63) is 39.9 Å². The summed E-state index contributed by atoms with van der Waals surface area (Å²) < 4.78 is 22.2. The van der Waals surface area contributed by atoms with Gasteiger partial charge in [0.1, 0.15) is 6.10 Å². The molecule has 0 saturated carbocycles. The van der Waals surface area contributed by atoms with Crippen molar-refractivity contribution < 1.29 is 18.4 Å². The van der Waals surface area contributed by atoms with Crippen molar-refractivity contribution in [3.8, 4) is 0 Å². The van der Waals surface area contributed by atoms with Crippen LogP contribution in [0, 0.1) is 10.1 Å². The molecular weight excluding hydrogens is 306 g/mol. The quantitative estimate of drug-likeness (QED) is 0.493. The van der Waals surface area contributed by atoms with Crippen LogP contribution in [0.2, 0.25) is 0 Å². The summed E-state index contributed by atoms with van der Waals surface area (Å²) in [6.07, 6.45) is -1.56. The highest BCUT2D eigenvalue weighted by Crippen LogP contribution is 2.40. The summed E-state index contributed by atoms with van der Waals surface area (Å²) in [7, 11) is -3.74. The Balaban J connectivity index is 3.31. The monoisotopic (exact) mass is 321 g/mol. The summed E-state index contributed by atoms with van der Waals surface area (Å²) in [6, 6.07) is 5.17. The first kappa shape index (κ1) is 16.9. The second kappa shape index (κ2) is 6.07. The van der Waals surface area contributed by atoms with E-state index in [-0.39, 0.29) is 23.4 Å². The van der Waals surface area contributed by atoms with Crippen molar-refractivity contribution in [1.29, 1.82) is 0 Å². The predicted octanol–water partition coefficient (Wildman–Crippen LogP) is 2.41. The second-order valence-electron chi connectivity index (χ2n) is 4.30. The molecule has 6 nitrogen and oxygen atoms in total. The number of non-ortho nitro benzene ring substituents is 1. The minimum atomic E-state index is -3.74. The van der Waals surface area contributed by atoms with E-state index in [0.29, 0.717) is 0 Å². The fourth-order valence-corrected chi connectivity index (χ4v) is 3.73. The molecule has 1 aromatic rings. The molecule has 20 heavy (non-hydrogen) atoms. The van der Waals surface area contributed by atoms with Gasteiger partial charge in [0.15, 0.2) is 14.0 Å². The number of alkyl halides is 1. The van der Waals surface area contributed by atoms with Gasteiger partial charge < -0.3 is 5.11 Å². The summed E-state index contributed by atoms with van der Waals surface area (Å²) in [5.74, 6) is -0.226. The predicted molar refractivity (Wildman–Crippen MR) is 76.4 cm³/mol. The minimum absolute atomic E-state index is 0.0193. The molecule has 0 aliphatic carbocycles. The zero-order valence-corrected chi connectivity index (χ0v) is 12.7. The molecular formula is C12H16ClNO5S. The van der Waals surface area contributed by atoms with Gasteiger partial charge in [-0.1, -0.05) is 37.6 Å². The van der Waals surface area contributed by atoms with Crippen molar-refractivity contribution >= 4 is 27.1 Å². The number of hydrogen-bond acceptors (Lipinski definition) is 5. The summed E-state index contributed by atoms with van der Waals surface area (Å²) in [5, 5.41) is 21.0. The van der Waals surface area contributed by atoms with Crippen molar-refractivity contribution in [3.63, 3.8) is 0 Å². The molecule has 0 amide bonds. The van der Waals surface area contributed by atoms with Gasteiger partial charge in [0.2, 0.25) is 0 Å². The molecule has 0 aliphatic heterocycles. The third-order valence-electron chi connectivity index (χ3n) is 3.18. The summed E-state index contributed by atoms with van der Waals surface area (Å²) in [5.41, 5.74) is -0.126. The van der Waals surface area contributed by atoms with Crippen LogP contribution in [0.25, 0.3) is 0 Å². The van der Waals surface area contributed by atoms with Crippen LogP contribution in [0.4, 0.5) is 5.69 Å². The molecule has 1 N–H and O–H groups in total. The zero-order chi connectivity index (χ0) is 15.6. The number of hydrogen-bond donors (Lipinski definition) is 1. The van der Waals surface area contributed by atoms with Crippen molar-refractivity contribution in [1.82, 2.24) is 0 Å². The van der Waals surface area contributed by atoms with Crippen LogP contribution in [0.5, 0.6) is 0 Å². The third kappa shape index (κ3) is 2.94. The van der Waals surface area contributed by atoms with Crippen LogP contribution < -0.4 is 0 Å². The Kier molecular flexibility index (Phi) is 5.12. The number of aliphatic hydroxyl groups is 1. The van der Waals surface area contributed by atoms with E-state index in [1.165, 1.54) is 25.1 Å². The standard InChI is InChI=1S/C12H16ClNO5S/c1-3-12(13,20(18,19)4-2)11(15)9-6-5-7-10(8-9)14(16)17/h5-8,11,15H,3-4H2,1-2H3/t11-,12-/m0/s1. The van der Waals surface area contributed by atoms with Gasteiger partial charge in [-0.05, 0) is 12.0 Å². The molecule has 0 aromatic heterocycles. The van der Waals surface area contributed by atoms with Crippen LogP contribution in [0.15, 0.2) is 24.3 Å². The number of nitro groups is 1. The molecule has 8 heteroatoms. The number of nitrogens with zero attached hydrogens (tertiary/aromatic N) is 1. The number of rotatable bonds is 6. The number of sulfone groups is 1. The van der Waals surface area contributed by atoms with Gasteiger partial charge in [-0.2, -0.15) is 0 Å². The van der Waals surface area contributed by atoms with E-state index in [2.05, 4.69) is 0 Å². The lowest BCUT2D eigenvalue weighted by Crippen LogP contribution is -2.39. The molecule has 0 spiro atoms. The topological polar surface area (TPSA) is 97.5 Å². The molecule has 0 aliphatic rings. The number of aliphatic hydroxyl groups excluding tert-OH is 1. The van der Waals surface area contributed by atoms with Gasteiger partial charge in [0.25, 0.3) is 5.69 Å². The molecule has 0 saturated heterocycles. The molecule has 2 atom stereocenters. The van der Waals surface area contributed by atoms with Gasteiger partial charge in [-0.3, -0.25) is 10.1 Å². The molecule has 0 fully saturated rings. The van der Waals surface area contributed by atoms with Gasteiger partial charge in [0.05, 0.1) is 4.92 Å². The smallest absolute Gasteiger partial charge is 0.269 e. The Bertz CT molecular complexity index is 604. The first-order valence-corrected chi connectivity index (χ1v) is 8.06. The fraction of sp³-hybridized carbons (Fsp3) is 0.500. The van der Waals surface area contributed by atoms with Crippen LogP contribution in [0.1, 0.15) is 31.9 Å². The summed E-state index contributed by atoms with van der Waals surface area (Å²) >= 11 is 6.12. The van der Waals surface area contributed by atoms with Crippen LogP contribution in [-0.2, 0) is 9.84 Å². The van der Waals surface area contributed by atoms with Gasteiger partial charge in [-0.15, -0.1) is 0 Å². The average molecular weight is 322 g/mol. The Hall–Kier alpha value is -1.18. The van der Waals surface area contributed by atoms with Crippen LogP contribution in [-0.4, -0.2) is 28.4 Å². The SMILES string of the molecule is CC[C@@](Cl)([C@@H](O)c1cccc([N+](=O)[O-])c1)S(=O)(=O)CC. The second-order valence-corrected chi connectivity index (χ2v) is 7.73. The molecule has 1 aromatic carbocycles. The lowest BCUT2D eigenvalue weighted by Gasteiger charge is -2.30. The van der Waals surface area contributed by atoms with E-state index in [9.17, 15) is 23.6 Å². The summed E-state index contributed by atoms with van der Waals surface area (Å²) in [6.45, 7) is 2.98. The largest absolute Gasteiger partial charge is 0.385 e. The van der Waals surface area contributed by atoms with Crippen molar-refractivity contribution in [2.45, 2.75) is 30.6 Å². The highest BCUT2D eigenvalue weighted by molar-refractivity contribution is 7.94. The molecule has 112 valence electrons. The normalized spacial score (nSPS) is 16.4. The highest BCUT2D eigenvalue weighted by Gasteiger charge is 2.46. The van der Waals surface area contributed by atoms with E-state index < -0.39 is 25.1 Å². The van der Waals surface area contributed by atoms with E-state index in [1.807, 2.05) is 0 Å². The van der Waals surface area contributed by atoms with E-state index >= 15 is 0 Å². The fourth-order valence-electron chi connectivity index (χ4n) is 1.88. The first-order valence-electron chi connectivity index (χ1n) is 6.03. The van der Waals surface area contributed by atoms with Crippen molar-refractivity contribution in [2.75, 3.05) is 5.75 Å². The Morgan fingerprint density at radius 2 is 2.05 bits per heavy atom. The Morgan fingerprint density at radius 1 is 1.45 bits per heavy atom. The molecule has 0 bridgehead atoms. The van der Waals surface area contributed by atoms with E-state index in [1.54, 1.807) is 6.92 Å². The number of halogens is 1. The van der Waals surface area contributed by atoms with Gasteiger partial charge in [0, 0.05) is 17.9 Å². The maximum Gasteiger partial charge on any atom is 0.269 e. The highest BCUT2D eigenvalue weighted by atomic mass is 35.5.